The Bertz CT molecular complexity index is 764. The topological polar surface area (TPSA) is 84.0 Å². The number of sulfonamides is 1. The van der Waals surface area contributed by atoms with E-state index in [9.17, 15) is 8.42 Å². The fourth-order valence-electron chi connectivity index (χ4n) is 2.06. The van der Waals surface area contributed by atoms with Gasteiger partial charge in [-0.1, -0.05) is 39.8 Å². The van der Waals surface area contributed by atoms with Gasteiger partial charge in [-0.25, -0.2) is 8.42 Å². The molecule has 7 heteroatoms. The number of benzene rings is 1. The molecule has 0 unspecified atom stereocenters. The molecule has 0 amide bonds. The summed E-state index contributed by atoms with van der Waals surface area (Å²) in [7, 11) is -3.68. The highest BCUT2D eigenvalue weighted by atomic mass is 32.2. The van der Waals surface area contributed by atoms with Crippen LogP contribution in [0.5, 0.6) is 0 Å². The van der Waals surface area contributed by atoms with Crippen molar-refractivity contribution < 1.29 is 8.42 Å². The Morgan fingerprint density at radius 3 is 2.04 bits per heavy atom. The predicted molar refractivity (Wildman–Crippen MR) is 96.8 cm³/mol. The summed E-state index contributed by atoms with van der Waals surface area (Å²) in [5, 5.41) is 10.9. The molecule has 0 atom stereocenters. The van der Waals surface area contributed by atoms with E-state index in [2.05, 4.69) is 41.0 Å². The van der Waals surface area contributed by atoms with Gasteiger partial charge in [-0.15, -0.1) is 10.2 Å². The Hall–Kier alpha value is -2.15. The van der Waals surface area contributed by atoms with Crippen molar-refractivity contribution in [3.63, 3.8) is 0 Å². The molecule has 1 aromatic carbocycles. The van der Waals surface area contributed by atoms with Crippen LogP contribution in [-0.4, -0.2) is 25.2 Å². The average Bonchev–Trinajstić information content (AvgIpc) is 2.53. The molecule has 0 bridgehead atoms. The van der Waals surface area contributed by atoms with Crippen LogP contribution in [0.2, 0.25) is 0 Å². The van der Waals surface area contributed by atoms with Gasteiger partial charge in [0.25, 0.3) is 10.0 Å². The molecular formula is C17H24N4O2S. The van der Waals surface area contributed by atoms with Crippen LogP contribution in [-0.2, 0) is 15.4 Å². The molecule has 0 saturated heterocycles. The zero-order valence-electron chi connectivity index (χ0n) is 14.5. The Morgan fingerprint density at radius 2 is 1.54 bits per heavy atom. The Kier molecular flexibility index (Phi) is 5.43. The number of hydrogen-bond acceptors (Lipinski definition) is 5. The standard InChI is InChI=1S/C17H24N4O2S/c1-5-12-18-15-10-11-16(20-19-15)21-24(22,23)14-8-6-13(7-9-14)17(2,3)4/h6-11H,5,12H2,1-4H3,(H,18,19)(H,20,21). The van der Waals surface area contributed by atoms with Crippen LogP contribution >= 0.6 is 0 Å². The highest BCUT2D eigenvalue weighted by Gasteiger charge is 2.18. The van der Waals surface area contributed by atoms with Crippen molar-refractivity contribution in [1.82, 2.24) is 10.2 Å². The van der Waals surface area contributed by atoms with Crippen molar-refractivity contribution in [2.24, 2.45) is 0 Å². The molecule has 1 aromatic heterocycles. The van der Waals surface area contributed by atoms with Crippen LogP contribution in [0.1, 0.15) is 39.7 Å². The number of anilines is 2. The summed E-state index contributed by atoms with van der Waals surface area (Å²) < 4.78 is 27.3. The monoisotopic (exact) mass is 348 g/mol. The number of nitrogens with one attached hydrogen (secondary N) is 2. The lowest BCUT2D eigenvalue weighted by atomic mass is 9.87. The average molecular weight is 348 g/mol. The fourth-order valence-corrected chi connectivity index (χ4v) is 3.06. The third-order valence-corrected chi connectivity index (χ3v) is 4.86. The van der Waals surface area contributed by atoms with Gasteiger partial charge in [0, 0.05) is 6.54 Å². The van der Waals surface area contributed by atoms with Crippen molar-refractivity contribution in [3.05, 3.63) is 42.0 Å². The van der Waals surface area contributed by atoms with Gasteiger partial charge in [0.05, 0.1) is 4.90 Å². The van der Waals surface area contributed by atoms with Crippen LogP contribution in [0.3, 0.4) is 0 Å². The fraction of sp³-hybridized carbons (Fsp3) is 0.412. The minimum Gasteiger partial charge on any atom is -0.369 e. The van der Waals surface area contributed by atoms with Gasteiger partial charge in [-0.05, 0) is 41.7 Å². The lowest BCUT2D eigenvalue weighted by Gasteiger charge is -2.19. The van der Waals surface area contributed by atoms with E-state index in [1.807, 2.05) is 19.1 Å². The predicted octanol–water partition coefficient (Wildman–Crippen LogP) is 3.40. The molecule has 0 aliphatic carbocycles. The molecule has 0 aliphatic heterocycles. The summed E-state index contributed by atoms with van der Waals surface area (Å²) in [6.07, 6.45) is 0.973. The van der Waals surface area contributed by atoms with E-state index >= 15 is 0 Å². The second-order valence-corrected chi connectivity index (χ2v) is 8.29. The normalized spacial score (nSPS) is 12.0. The molecule has 2 N–H and O–H groups in total. The van der Waals surface area contributed by atoms with E-state index in [0.29, 0.717) is 5.82 Å². The van der Waals surface area contributed by atoms with Crippen molar-refractivity contribution in [2.75, 3.05) is 16.6 Å². The van der Waals surface area contributed by atoms with Crippen molar-refractivity contribution in [2.45, 2.75) is 44.4 Å². The molecule has 6 nitrogen and oxygen atoms in total. The van der Waals surface area contributed by atoms with Crippen LogP contribution in [0, 0.1) is 0 Å². The molecule has 130 valence electrons. The minimum absolute atomic E-state index is 0.0253. The van der Waals surface area contributed by atoms with Gasteiger partial charge >= 0.3 is 0 Å². The van der Waals surface area contributed by atoms with Gasteiger partial charge in [0.1, 0.15) is 5.82 Å². The van der Waals surface area contributed by atoms with Gasteiger partial charge < -0.3 is 5.32 Å². The molecule has 0 spiro atoms. The van der Waals surface area contributed by atoms with Gasteiger partial charge in [0.2, 0.25) is 0 Å². The summed E-state index contributed by atoms with van der Waals surface area (Å²) in [6, 6.07) is 10.2. The first-order chi connectivity index (χ1) is 11.2. The third-order valence-electron chi connectivity index (χ3n) is 3.49. The number of nitrogens with zero attached hydrogens (tertiary/aromatic N) is 2. The third kappa shape index (κ3) is 4.67. The number of aromatic nitrogens is 2. The van der Waals surface area contributed by atoms with Crippen LogP contribution in [0.15, 0.2) is 41.3 Å². The van der Waals surface area contributed by atoms with E-state index in [-0.39, 0.29) is 16.1 Å². The molecule has 24 heavy (non-hydrogen) atoms. The largest absolute Gasteiger partial charge is 0.369 e. The lowest BCUT2D eigenvalue weighted by molar-refractivity contribution is 0.587. The minimum atomic E-state index is -3.68. The first kappa shape index (κ1) is 18.2. The van der Waals surface area contributed by atoms with Gasteiger partial charge in [-0.3, -0.25) is 4.72 Å². The van der Waals surface area contributed by atoms with E-state index in [0.717, 1.165) is 18.5 Å². The Balaban J connectivity index is 2.13. The summed E-state index contributed by atoms with van der Waals surface area (Å²) in [5.74, 6) is 0.811. The van der Waals surface area contributed by atoms with Crippen molar-refractivity contribution >= 4 is 21.7 Å². The summed E-state index contributed by atoms with van der Waals surface area (Å²) in [5.41, 5.74) is 1.05. The highest BCUT2D eigenvalue weighted by Crippen LogP contribution is 2.24. The number of hydrogen-bond donors (Lipinski definition) is 2. The summed E-state index contributed by atoms with van der Waals surface area (Å²) in [6.45, 7) is 9.09. The lowest BCUT2D eigenvalue weighted by Crippen LogP contribution is -2.16. The molecule has 1 heterocycles. The van der Waals surface area contributed by atoms with E-state index in [1.54, 1.807) is 24.3 Å². The molecular weight excluding hydrogens is 324 g/mol. The summed E-state index contributed by atoms with van der Waals surface area (Å²) in [4.78, 5) is 0.200. The smallest absolute Gasteiger partial charge is 0.263 e. The quantitative estimate of drug-likeness (QED) is 0.836. The zero-order valence-corrected chi connectivity index (χ0v) is 15.3. The molecule has 0 fully saturated rings. The van der Waals surface area contributed by atoms with Gasteiger partial charge in [-0.2, -0.15) is 0 Å². The molecule has 0 radical (unpaired) electrons. The molecule has 0 saturated carbocycles. The maximum atomic E-state index is 12.4. The van der Waals surface area contributed by atoms with E-state index < -0.39 is 10.0 Å². The van der Waals surface area contributed by atoms with E-state index in [1.165, 1.54) is 0 Å². The van der Waals surface area contributed by atoms with Crippen LogP contribution in [0.25, 0.3) is 0 Å². The second-order valence-electron chi connectivity index (χ2n) is 6.61. The van der Waals surface area contributed by atoms with Crippen molar-refractivity contribution in [1.29, 1.82) is 0 Å². The maximum absolute atomic E-state index is 12.4. The Labute approximate surface area is 143 Å². The molecule has 0 aliphatic rings. The van der Waals surface area contributed by atoms with Crippen LogP contribution in [0.4, 0.5) is 11.6 Å². The maximum Gasteiger partial charge on any atom is 0.263 e. The first-order valence-corrected chi connectivity index (χ1v) is 9.41. The summed E-state index contributed by atoms with van der Waals surface area (Å²) >= 11 is 0. The molecule has 2 rings (SSSR count). The van der Waals surface area contributed by atoms with Crippen molar-refractivity contribution in [3.8, 4) is 0 Å². The SMILES string of the molecule is CCCNc1ccc(NS(=O)(=O)c2ccc(C(C)(C)C)cc2)nn1. The van der Waals surface area contributed by atoms with Crippen LogP contribution < -0.4 is 10.0 Å². The zero-order chi connectivity index (χ0) is 17.8. The Morgan fingerprint density at radius 1 is 0.958 bits per heavy atom. The van der Waals surface area contributed by atoms with Gasteiger partial charge in [0.15, 0.2) is 5.82 Å². The highest BCUT2D eigenvalue weighted by molar-refractivity contribution is 7.92. The first-order valence-electron chi connectivity index (χ1n) is 7.93. The second kappa shape index (κ2) is 7.17. The molecule has 2 aromatic rings. The number of rotatable bonds is 6. The van der Waals surface area contributed by atoms with E-state index in [4.69, 9.17) is 0 Å².